The smallest absolute Gasteiger partial charge is 0.261 e. The zero-order chi connectivity index (χ0) is 29.5. The Kier molecular flexibility index (Phi) is 10.1. The second-order valence-corrected chi connectivity index (χ2v) is 13.3. The molecule has 1 aliphatic heterocycles. The minimum atomic E-state index is -3.91. The number of carbonyl (C=O) groups excluding carboxylic acids is 1. The van der Waals surface area contributed by atoms with Crippen LogP contribution in [0.5, 0.6) is 11.5 Å². The minimum absolute atomic E-state index is 0.0383. The van der Waals surface area contributed by atoms with Crippen LogP contribution in [0.1, 0.15) is 25.3 Å². The van der Waals surface area contributed by atoms with E-state index in [2.05, 4.69) is 10.0 Å². The van der Waals surface area contributed by atoms with Crippen molar-refractivity contribution in [1.29, 1.82) is 0 Å². The average molecular weight is 622 g/mol. The second-order valence-electron chi connectivity index (χ2n) is 9.30. The van der Waals surface area contributed by atoms with Crippen LogP contribution in [-0.2, 0) is 31.3 Å². The van der Waals surface area contributed by atoms with Gasteiger partial charge in [-0.25, -0.2) is 16.8 Å². The fourth-order valence-corrected chi connectivity index (χ4v) is 7.11. The van der Waals surface area contributed by atoms with Crippen molar-refractivity contribution in [2.45, 2.75) is 36.0 Å². The molecule has 1 amide bonds. The van der Waals surface area contributed by atoms with E-state index in [-0.39, 0.29) is 33.1 Å². The molecule has 41 heavy (non-hydrogen) atoms. The van der Waals surface area contributed by atoms with Crippen molar-refractivity contribution >= 4 is 43.2 Å². The Hall–Kier alpha value is -3.32. The minimum Gasteiger partial charge on any atom is -0.494 e. The Morgan fingerprint density at radius 2 is 1.56 bits per heavy atom. The number of benzene rings is 3. The van der Waals surface area contributed by atoms with E-state index >= 15 is 0 Å². The van der Waals surface area contributed by atoms with Crippen LogP contribution in [0, 0.1) is 0 Å². The van der Waals surface area contributed by atoms with Crippen molar-refractivity contribution < 1.29 is 31.1 Å². The summed E-state index contributed by atoms with van der Waals surface area (Å²) in [7, 11) is -7.37. The summed E-state index contributed by atoms with van der Waals surface area (Å²) < 4.78 is 65.6. The molecule has 1 aliphatic rings. The van der Waals surface area contributed by atoms with Crippen LogP contribution >= 0.6 is 11.6 Å². The molecule has 1 heterocycles. The molecule has 13 heteroatoms. The van der Waals surface area contributed by atoms with Gasteiger partial charge in [0.1, 0.15) is 11.5 Å². The first-order chi connectivity index (χ1) is 19.6. The third-order valence-electron chi connectivity index (χ3n) is 6.35. The van der Waals surface area contributed by atoms with Gasteiger partial charge in [-0.3, -0.25) is 9.52 Å². The normalized spacial score (nSPS) is 14.0. The third-order valence-corrected chi connectivity index (χ3v) is 9.94. The molecule has 1 saturated heterocycles. The fourth-order valence-electron chi connectivity index (χ4n) is 4.21. The van der Waals surface area contributed by atoms with Crippen LogP contribution in [0.25, 0.3) is 0 Å². The van der Waals surface area contributed by atoms with Gasteiger partial charge in [0.05, 0.1) is 21.4 Å². The topological polar surface area (TPSA) is 131 Å². The second kappa shape index (κ2) is 13.6. The maximum Gasteiger partial charge on any atom is 0.261 e. The van der Waals surface area contributed by atoms with Crippen molar-refractivity contribution in [1.82, 2.24) is 9.62 Å². The van der Waals surface area contributed by atoms with Gasteiger partial charge in [0.2, 0.25) is 10.0 Å². The van der Waals surface area contributed by atoms with Gasteiger partial charge in [-0.1, -0.05) is 23.7 Å². The number of amides is 1. The van der Waals surface area contributed by atoms with Gasteiger partial charge in [0.25, 0.3) is 15.9 Å². The Balaban J connectivity index is 1.24. The lowest BCUT2D eigenvalue weighted by Crippen LogP contribution is -2.30. The molecular weight excluding hydrogens is 590 g/mol. The highest BCUT2D eigenvalue weighted by molar-refractivity contribution is 7.92. The lowest BCUT2D eigenvalue weighted by Gasteiger charge is -2.15. The molecule has 0 saturated carbocycles. The number of hydrogen-bond donors (Lipinski definition) is 2. The summed E-state index contributed by atoms with van der Waals surface area (Å²) in [5.74, 6) is 0.406. The van der Waals surface area contributed by atoms with E-state index < -0.39 is 20.0 Å². The monoisotopic (exact) mass is 621 g/mol. The van der Waals surface area contributed by atoms with E-state index in [0.717, 1.165) is 18.4 Å². The van der Waals surface area contributed by atoms with E-state index in [1.54, 1.807) is 48.5 Å². The summed E-state index contributed by atoms with van der Waals surface area (Å²) in [6.45, 7) is 3.47. The average Bonchev–Trinajstić information content (AvgIpc) is 3.50. The lowest BCUT2D eigenvalue weighted by atomic mass is 10.1. The molecule has 4 rings (SSSR count). The number of hydrogen-bond acceptors (Lipinski definition) is 7. The van der Waals surface area contributed by atoms with Crippen molar-refractivity contribution in [2.24, 2.45) is 0 Å². The third kappa shape index (κ3) is 8.13. The Labute approximate surface area is 245 Å². The van der Waals surface area contributed by atoms with Gasteiger partial charge in [0, 0.05) is 25.3 Å². The maximum atomic E-state index is 12.8. The van der Waals surface area contributed by atoms with Crippen LogP contribution in [-0.4, -0.2) is 59.9 Å². The molecule has 0 spiro atoms. The van der Waals surface area contributed by atoms with E-state index in [4.69, 9.17) is 21.1 Å². The number of halogens is 1. The summed E-state index contributed by atoms with van der Waals surface area (Å²) in [6.07, 6.45) is 2.26. The molecule has 0 aromatic heterocycles. The zero-order valence-electron chi connectivity index (χ0n) is 22.5. The molecular formula is C28H32ClN3O7S2. The maximum absolute atomic E-state index is 12.8. The highest BCUT2D eigenvalue weighted by atomic mass is 35.5. The van der Waals surface area contributed by atoms with E-state index in [9.17, 15) is 21.6 Å². The van der Waals surface area contributed by atoms with Crippen molar-refractivity contribution in [3.63, 3.8) is 0 Å². The van der Waals surface area contributed by atoms with Gasteiger partial charge in [-0.05, 0) is 86.3 Å². The zero-order valence-corrected chi connectivity index (χ0v) is 24.9. The van der Waals surface area contributed by atoms with Gasteiger partial charge >= 0.3 is 0 Å². The highest BCUT2D eigenvalue weighted by Crippen LogP contribution is 2.29. The van der Waals surface area contributed by atoms with Crippen LogP contribution in [0.4, 0.5) is 5.69 Å². The van der Waals surface area contributed by atoms with Crippen LogP contribution in [0.15, 0.2) is 76.5 Å². The molecule has 3 aromatic rings. The summed E-state index contributed by atoms with van der Waals surface area (Å²) in [6, 6.07) is 17.1. The summed E-state index contributed by atoms with van der Waals surface area (Å²) in [4.78, 5) is 12.5. The van der Waals surface area contributed by atoms with Crippen LogP contribution in [0.3, 0.4) is 0 Å². The number of rotatable bonds is 13. The summed E-state index contributed by atoms with van der Waals surface area (Å²) in [5.41, 5.74) is 1.25. The van der Waals surface area contributed by atoms with Gasteiger partial charge in [0.15, 0.2) is 6.61 Å². The molecule has 220 valence electrons. The molecule has 3 aromatic carbocycles. The Bertz CT molecular complexity index is 1560. The van der Waals surface area contributed by atoms with Gasteiger partial charge < -0.3 is 14.8 Å². The first kappa shape index (κ1) is 30.6. The largest absolute Gasteiger partial charge is 0.494 e. The quantitative estimate of drug-likeness (QED) is 0.294. The van der Waals surface area contributed by atoms with Gasteiger partial charge in [-0.2, -0.15) is 4.31 Å². The molecule has 0 unspecified atom stereocenters. The van der Waals surface area contributed by atoms with Crippen LogP contribution in [0.2, 0.25) is 5.02 Å². The molecule has 0 aliphatic carbocycles. The van der Waals surface area contributed by atoms with E-state index in [0.29, 0.717) is 44.1 Å². The molecule has 10 nitrogen and oxygen atoms in total. The molecule has 0 bridgehead atoms. The predicted octanol–water partition coefficient (Wildman–Crippen LogP) is 4.06. The first-order valence-corrected chi connectivity index (χ1v) is 16.4. The first-order valence-electron chi connectivity index (χ1n) is 13.1. The summed E-state index contributed by atoms with van der Waals surface area (Å²) in [5, 5.41) is 2.78. The lowest BCUT2D eigenvalue weighted by molar-refractivity contribution is -0.123. The number of sulfonamides is 2. The fraction of sp³-hybridized carbons (Fsp3) is 0.321. The molecule has 1 fully saturated rings. The van der Waals surface area contributed by atoms with Crippen LogP contribution < -0.4 is 19.5 Å². The molecule has 0 atom stereocenters. The van der Waals surface area contributed by atoms with E-state index in [1.165, 1.54) is 22.5 Å². The Morgan fingerprint density at radius 1 is 0.902 bits per heavy atom. The van der Waals surface area contributed by atoms with Gasteiger partial charge in [-0.15, -0.1) is 0 Å². The van der Waals surface area contributed by atoms with E-state index in [1.807, 2.05) is 6.92 Å². The number of nitrogens with zero attached hydrogens (tertiary/aromatic N) is 1. The standard InChI is InChI=1S/C28H32ClN3O7S2/c1-2-38-23-9-7-22(8-10-23)31-40(34,35)25-13-14-27(26(29)19-25)39-20-28(33)30-16-15-21-5-11-24(12-6-21)41(36,37)32-17-3-4-18-32/h5-14,19,31H,2-4,15-18,20H2,1H3,(H,30,33). The molecule has 0 radical (unpaired) electrons. The predicted molar refractivity (Wildman–Crippen MR) is 157 cm³/mol. The van der Waals surface area contributed by atoms with Crippen molar-refractivity contribution in [3.05, 3.63) is 77.3 Å². The SMILES string of the molecule is CCOc1ccc(NS(=O)(=O)c2ccc(OCC(=O)NCCc3ccc(S(=O)(=O)N4CCCC4)cc3)c(Cl)c2)cc1. The number of carbonyl (C=O) groups is 1. The number of anilines is 1. The van der Waals surface area contributed by atoms with Crippen molar-refractivity contribution in [2.75, 3.05) is 37.6 Å². The highest BCUT2D eigenvalue weighted by Gasteiger charge is 2.26. The van der Waals surface area contributed by atoms with Crippen molar-refractivity contribution in [3.8, 4) is 11.5 Å². The Morgan fingerprint density at radius 3 is 2.20 bits per heavy atom. The molecule has 2 N–H and O–H groups in total. The number of nitrogens with one attached hydrogen (secondary N) is 2. The number of ether oxygens (including phenoxy) is 2. The summed E-state index contributed by atoms with van der Waals surface area (Å²) >= 11 is 6.24.